The van der Waals surface area contributed by atoms with Gasteiger partial charge in [0.05, 0.1) is 5.52 Å². The first-order valence-corrected chi connectivity index (χ1v) is 8.01. The van der Waals surface area contributed by atoms with Gasteiger partial charge in [-0.15, -0.1) is 0 Å². The maximum atomic E-state index is 12.3. The molecule has 0 N–H and O–H groups in total. The van der Waals surface area contributed by atoms with Crippen LogP contribution in [0.1, 0.15) is 36.7 Å². The monoisotopic (exact) mass is 312 g/mol. The van der Waals surface area contributed by atoms with Gasteiger partial charge in [0.15, 0.2) is 6.10 Å². The molecule has 1 aliphatic rings. The van der Waals surface area contributed by atoms with Gasteiger partial charge in [-0.25, -0.2) is 9.78 Å². The number of hydrogen-bond donors (Lipinski definition) is 0. The van der Waals surface area contributed by atoms with Crippen molar-refractivity contribution < 1.29 is 14.3 Å². The normalized spacial score (nSPS) is 16.1. The zero-order valence-electron chi connectivity index (χ0n) is 13.2. The predicted molar refractivity (Wildman–Crippen MR) is 87.1 cm³/mol. The third-order valence-corrected chi connectivity index (χ3v) is 4.11. The highest BCUT2D eigenvalue weighted by Crippen LogP contribution is 2.14. The van der Waals surface area contributed by atoms with Crippen molar-refractivity contribution >= 4 is 22.8 Å². The van der Waals surface area contributed by atoms with E-state index < -0.39 is 12.1 Å². The molecule has 1 amide bonds. The third-order valence-electron chi connectivity index (χ3n) is 4.11. The lowest BCUT2D eigenvalue weighted by Gasteiger charge is -2.28. The van der Waals surface area contributed by atoms with Gasteiger partial charge in [-0.3, -0.25) is 4.79 Å². The van der Waals surface area contributed by atoms with Gasteiger partial charge < -0.3 is 9.64 Å². The Bertz CT molecular complexity index is 723. The Morgan fingerprint density at radius 2 is 1.83 bits per heavy atom. The molecule has 120 valence electrons. The lowest BCUT2D eigenvalue weighted by molar-refractivity contribution is -0.140. The van der Waals surface area contributed by atoms with Gasteiger partial charge in [-0.1, -0.05) is 24.3 Å². The van der Waals surface area contributed by atoms with Gasteiger partial charge in [-0.2, -0.15) is 0 Å². The lowest BCUT2D eigenvalue weighted by Crippen LogP contribution is -2.42. The zero-order chi connectivity index (χ0) is 16.2. The summed E-state index contributed by atoms with van der Waals surface area (Å²) >= 11 is 0. The molecule has 1 saturated heterocycles. The van der Waals surface area contributed by atoms with Crippen LogP contribution in [0.15, 0.2) is 36.4 Å². The molecule has 0 saturated carbocycles. The molecular weight excluding hydrogens is 292 g/mol. The number of nitrogens with zero attached hydrogens (tertiary/aromatic N) is 2. The Morgan fingerprint density at radius 3 is 2.61 bits per heavy atom. The fourth-order valence-corrected chi connectivity index (χ4v) is 2.82. The minimum Gasteiger partial charge on any atom is -0.448 e. The zero-order valence-corrected chi connectivity index (χ0v) is 13.2. The van der Waals surface area contributed by atoms with Gasteiger partial charge in [0.25, 0.3) is 5.91 Å². The number of esters is 1. The smallest absolute Gasteiger partial charge is 0.357 e. The van der Waals surface area contributed by atoms with Crippen LogP contribution in [0.25, 0.3) is 10.9 Å². The molecule has 1 aromatic heterocycles. The number of ether oxygens (including phenoxy) is 1. The molecule has 2 aromatic rings. The summed E-state index contributed by atoms with van der Waals surface area (Å²) in [6, 6.07) is 11.0. The van der Waals surface area contributed by atoms with E-state index in [-0.39, 0.29) is 11.6 Å². The first-order chi connectivity index (χ1) is 11.1. The summed E-state index contributed by atoms with van der Waals surface area (Å²) in [6.45, 7) is 3.11. The molecule has 2 heterocycles. The molecule has 3 rings (SSSR count). The molecule has 1 aliphatic heterocycles. The van der Waals surface area contributed by atoms with Crippen LogP contribution in [-0.2, 0) is 9.53 Å². The number of carbonyl (C=O) groups is 2. The van der Waals surface area contributed by atoms with Crippen LogP contribution in [0.2, 0.25) is 0 Å². The molecule has 0 unspecified atom stereocenters. The number of benzene rings is 1. The highest BCUT2D eigenvalue weighted by atomic mass is 16.5. The third kappa shape index (κ3) is 3.50. The van der Waals surface area contributed by atoms with E-state index in [2.05, 4.69) is 4.98 Å². The summed E-state index contributed by atoms with van der Waals surface area (Å²) in [5.41, 5.74) is 0.957. The molecule has 0 bridgehead atoms. The van der Waals surface area contributed by atoms with Crippen LogP contribution in [-0.4, -0.2) is 41.0 Å². The number of fused-ring (bicyclic) bond motifs is 1. The van der Waals surface area contributed by atoms with Crippen molar-refractivity contribution in [3.8, 4) is 0 Å². The Kier molecular flexibility index (Phi) is 4.55. The lowest BCUT2D eigenvalue weighted by atomic mass is 10.1. The quantitative estimate of drug-likeness (QED) is 0.818. The van der Waals surface area contributed by atoms with E-state index in [0.717, 1.165) is 43.3 Å². The van der Waals surface area contributed by atoms with Crippen LogP contribution in [0.3, 0.4) is 0 Å². The van der Waals surface area contributed by atoms with Crippen molar-refractivity contribution in [2.24, 2.45) is 0 Å². The second-order valence-electron chi connectivity index (χ2n) is 5.82. The number of likely N-dealkylation sites (tertiary alicyclic amines) is 1. The number of aromatic nitrogens is 1. The van der Waals surface area contributed by atoms with Crippen LogP contribution in [0.5, 0.6) is 0 Å². The van der Waals surface area contributed by atoms with E-state index in [1.54, 1.807) is 17.9 Å². The number of amides is 1. The number of piperidine rings is 1. The van der Waals surface area contributed by atoms with Gasteiger partial charge in [0, 0.05) is 18.5 Å². The van der Waals surface area contributed by atoms with E-state index in [0.29, 0.717) is 0 Å². The molecule has 5 heteroatoms. The first-order valence-electron chi connectivity index (χ1n) is 8.01. The van der Waals surface area contributed by atoms with E-state index in [1.807, 2.05) is 30.3 Å². The Hall–Kier alpha value is -2.43. The molecular formula is C18H20N2O3. The van der Waals surface area contributed by atoms with Crippen LogP contribution >= 0.6 is 0 Å². The molecule has 5 nitrogen and oxygen atoms in total. The molecule has 0 spiro atoms. The van der Waals surface area contributed by atoms with Crippen LogP contribution in [0, 0.1) is 0 Å². The largest absolute Gasteiger partial charge is 0.448 e. The number of carbonyl (C=O) groups excluding carboxylic acids is 2. The minimum absolute atomic E-state index is 0.126. The number of para-hydroxylation sites is 1. The average molecular weight is 312 g/mol. The summed E-state index contributed by atoms with van der Waals surface area (Å²) in [7, 11) is 0. The fourth-order valence-electron chi connectivity index (χ4n) is 2.82. The van der Waals surface area contributed by atoms with Crippen LogP contribution < -0.4 is 0 Å². The highest BCUT2D eigenvalue weighted by molar-refractivity contribution is 5.93. The van der Waals surface area contributed by atoms with Crippen molar-refractivity contribution in [1.29, 1.82) is 0 Å². The van der Waals surface area contributed by atoms with E-state index >= 15 is 0 Å². The van der Waals surface area contributed by atoms with Gasteiger partial charge in [0.2, 0.25) is 0 Å². The average Bonchev–Trinajstić information content (AvgIpc) is 2.61. The molecule has 0 radical (unpaired) electrons. The number of rotatable bonds is 3. The maximum absolute atomic E-state index is 12.3. The summed E-state index contributed by atoms with van der Waals surface area (Å²) in [6.07, 6.45) is 2.39. The molecule has 1 aromatic carbocycles. The number of hydrogen-bond acceptors (Lipinski definition) is 4. The molecule has 23 heavy (non-hydrogen) atoms. The van der Waals surface area contributed by atoms with Gasteiger partial charge in [0.1, 0.15) is 5.69 Å². The van der Waals surface area contributed by atoms with E-state index in [1.165, 1.54) is 0 Å². The summed E-state index contributed by atoms with van der Waals surface area (Å²) in [4.78, 5) is 30.6. The molecule has 1 atom stereocenters. The Morgan fingerprint density at radius 1 is 1.09 bits per heavy atom. The van der Waals surface area contributed by atoms with Crippen molar-refractivity contribution in [3.05, 3.63) is 42.1 Å². The second kappa shape index (κ2) is 6.77. The predicted octanol–water partition coefficient (Wildman–Crippen LogP) is 2.79. The van der Waals surface area contributed by atoms with Crippen molar-refractivity contribution in [2.45, 2.75) is 32.3 Å². The Labute approximate surface area is 135 Å². The highest BCUT2D eigenvalue weighted by Gasteiger charge is 2.25. The van der Waals surface area contributed by atoms with Crippen molar-refractivity contribution in [2.75, 3.05) is 13.1 Å². The summed E-state index contributed by atoms with van der Waals surface area (Å²) in [5, 5.41) is 0.960. The van der Waals surface area contributed by atoms with E-state index in [4.69, 9.17) is 4.74 Å². The molecule has 0 aliphatic carbocycles. The topological polar surface area (TPSA) is 59.5 Å². The SMILES string of the molecule is C[C@@H](OC(=O)c1ccc2ccccc2n1)C(=O)N1CCCCC1. The first kappa shape index (κ1) is 15.5. The van der Waals surface area contributed by atoms with E-state index in [9.17, 15) is 9.59 Å². The number of pyridine rings is 1. The van der Waals surface area contributed by atoms with Crippen LogP contribution in [0.4, 0.5) is 0 Å². The Balaban J connectivity index is 1.68. The maximum Gasteiger partial charge on any atom is 0.357 e. The second-order valence-corrected chi connectivity index (χ2v) is 5.82. The molecule has 1 fully saturated rings. The van der Waals surface area contributed by atoms with Crippen molar-refractivity contribution in [3.63, 3.8) is 0 Å². The van der Waals surface area contributed by atoms with Gasteiger partial charge in [-0.05, 0) is 38.3 Å². The standard InChI is InChI=1S/C18H20N2O3/c1-13(17(21)20-11-5-2-6-12-20)23-18(22)16-10-9-14-7-3-4-8-15(14)19-16/h3-4,7-10,13H,2,5-6,11-12H2,1H3/t13-/m1/s1. The van der Waals surface area contributed by atoms with Crippen molar-refractivity contribution in [1.82, 2.24) is 9.88 Å². The summed E-state index contributed by atoms with van der Waals surface area (Å²) < 4.78 is 5.31. The fraction of sp³-hybridized carbons (Fsp3) is 0.389. The van der Waals surface area contributed by atoms with Gasteiger partial charge >= 0.3 is 5.97 Å². The minimum atomic E-state index is -0.783. The summed E-state index contributed by atoms with van der Waals surface area (Å²) in [5.74, 6) is -0.688.